The lowest BCUT2D eigenvalue weighted by molar-refractivity contribution is 0.203. The molecule has 0 atom stereocenters. The molecule has 0 bridgehead atoms. The molecule has 12 heteroatoms. The van der Waals surface area contributed by atoms with Crippen molar-refractivity contribution in [1.29, 1.82) is 0 Å². The summed E-state index contributed by atoms with van der Waals surface area (Å²) in [4.78, 5) is 6.41. The maximum atomic E-state index is 6.22. The Balaban J connectivity index is 3.15. The van der Waals surface area contributed by atoms with E-state index in [4.69, 9.17) is 29.1 Å². The second kappa shape index (κ2) is 10.8. The summed E-state index contributed by atoms with van der Waals surface area (Å²) in [5, 5.41) is 0. The van der Waals surface area contributed by atoms with Crippen LogP contribution in [-0.2, 0) is 18.1 Å². The first kappa shape index (κ1) is 22.8. The van der Waals surface area contributed by atoms with Crippen molar-refractivity contribution in [3.05, 3.63) is 0 Å². The van der Waals surface area contributed by atoms with Gasteiger partial charge < -0.3 is 0 Å². The summed E-state index contributed by atoms with van der Waals surface area (Å²) in [6.45, 7) is 10.1. The van der Waals surface area contributed by atoms with Gasteiger partial charge in [0.25, 0.3) is 0 Å². The third-order valence-electron chi connectivity index (χ3n) is 2.71. The molecule has 1 aliphatic heterocycles. The minimum absolute atomic E-state index is 0.496. The van der Waals surface area contributed by atoms with Gasteiger partial charge in [0.05, 0.1) is 31.3 Å². The predicted octanol–water partition coefficient (Wildman–Crippen LogP) is 4.10. The van der Waals surface area contributed by atoms with Gasteiger partial charge in [-0.3, -0.25) is 11.0 Å². The molecule has 0 amide bonds. The van der Waals surface area contributed by atoms with Crippen molar-refractivity contribution in [2.45, 2.75) is 53.4 Å². The molecular weight excluding hydrogens is 371 g/mol. The van der Waals surface area contributed by atoms with Gasteiger partial charge in [0.1, 0.15) is 0 Å². The van der Waals surface area contributed by atoms with E-state index in [0.29, 0.717) is 26.4 Å². The number of nitrogens with one attached hydrogen (secondary N) is 2. The van der Waals surface area contributed by atoms with Gasteiger partial charge in [-0.25, -0.2) is 0 Å². The smallest absolute Gasteiger partial charge is 0.268 e. The summed E-state index contributed by atoms with van der Waals surface area (Å²) in [5.41, 5.74) is 12.4. The SMILES string of the molecule is CCCO[P+]1(OCCC)N=P(N)(N)N[P+](OCCC)(OCCC)N1. The minimum atomic E-state index is -2.84. The topological polar surface area (TPSA) is 125 Å². The molecule has 1 heterocycles. The van der Waals surface area contributed by atoms with Crippen LogP contribution >= 0.6 is 23.5 Å². The predicted molar refractivity (Wildman–Crippen MR) is 103 cm³/mol. The highest BCUT2D eigenvalue weighted by Crippen LogP contribution is 2.78. The van der Waals surface area contributed by atoms with Gasteiger partial charge >= 0.3 is 16.0 Å². The zero-order chi connectivity index (χ0) is 18.1. The Morgan fingerprint density at radius 2 is 1.21 bits per heavy atom. The van der Waals surface area contributed by atoms with Crippen LogP contribution < -0.4 is 20.7 Å². The van der Waals surface area contributed by atoms with Crippen LogP contribution in [0.5, 0.6) is 0 Å². The monoisotopic (exact) mass is 405 g/mol. The zero-order valence-corrected chi connectivity index (χ0v) is 17.9. The summed E-state index contributed by atoms with van der Waals surface area (Å²) < 4.78 is 28.5. The Hall–Kier alpha value is 0.770. The largest absolute Gasteiger partial charge is 0.523 e. The fourth-order valence-corrected chi connectivity index (χ4v) is 11.7. The van der Waals surface area contributed by atoms with Crippen LogP contribution in [0.4, 0.5) is 0 Å². The van der Waals surface area contributed by atoms with Gasteiger partial charge in [-0.15, -0.1) is 0 Å². The Kier molecular flexibility index (Phi) is 10.3. The Labute approximate surface area is 147 Å². The van der Waals surface area contributed by atoms with Crippen molar-refractivity contribution < 1.29 is 18.1 Å². The molecular formula is C12H34N5O4P3+2. The van der Waals surface area contributed by atoms with E-state index < -0.39 is 23.5 Å². The average molecular weight is 405 g/mol. The standard InChI is InChI=1S/C12H34N5O4P3/c1-5-9-18-23(19-10-6-2)15-22(13,14)16-24(17-23,20-11-7-3)21-12-8-4/h15,17H,5-14H2,1-4H3/q+2. The lowest BCUT2D eigenvalue weighted by atomic mass is 10.5. The molecule has 0 unspecified atom stereocenters. The van der Waals surface area contributed by atoms with Crippen LogP contribution in [0, 0.1) is 0 Å². The van der Waals surface area contributed by atoms with Gasteiger partial charge in [-0.05, 0) is 30.2 Å². The zero-order valence-electron chi connectivity index (χ0n) is 15.2. The highest BCUT2D eigenvalue weighted by molar-refractivity contribution is 7.89. The maximum Gasteiger partial charge on any atom is 0.523 e. The van der Waals surface area contributed by atoms with E-state index >= 15 is 0 Å². The van der Waals surface area contributed by atoms with E-state index in [-0.39, 0.29) is 0 Å². The van der Waals surface area contributed by atoms with E-state index in [9.17, 15) is 0 Å². The molecule has 0 aromatic carbocycles. The van der Waals surface area contributed by atoms with E-state index in [1.165, 1.54) is 0 Å². The molecule has 0 aliphatic carbocycles. The molecule has 24 heavy (non-hydrogen) atoms. The van der Waals surface area contributed by atoms with Crippen molar-refractivity contribution in [1.82, 2.24) is 9.72 Å². The molecule has 0 aromatic rings. The van der Waals surface area contributed by atoms with Crippen molar-refractivity contribution >= 4 is 23.5 Å². The number of hydrogen-bond donors (Lipinski definition) is 4. The average Bonchev–Trinajstić information content (AvgIpc) is 2.53. The van der Waals surface area contributed by atoms with Crippen molar-refractivity contribution in [2.24, 2.45) is 15.5 Å². The van der Waals surface area contributed by atoms with E-state index in [0.717, 1.165) is 25.7 Å². The number of nitrogens with zero attached hydrogens (tertiary/aromatic N) is 1. The van der Waals surface area contributed by atoms with Crippen LogP contribution in [0.3, 0.4) is 0 Å². The number of nitrogens with two attached hydrogens (primary N) is 2. The second-order valence-electron chi connectivity index (χ2n) is 5.43. The molecule has 0 spiro atoms. The Morgan fingerprint density at radius 1 is 0.792 bits per heavy atom. The van der Waals surface area contributed by atoms with Crippen LogP contribution in [0.15, 0.2) is 4.52 Å². The highest BCUT2D eigenvalue weighted by atomic mass is 31.3. The highest BCUT2D eigenvalue weighted by Gasteiger charge is 2.67. The minimum Gasteiger partial charge on any atom is -0.268 e. The second-order valence-corrected chi connectivity index (χ2v) is 12.4. The van der Waals surface area contributed by atoms with E-state index in [2.05, 4.69) is 14.2 Å². The van der Waals surface area contributed by atoms with Crippen LogP contribution in [0.25, 0.3) is 0 Å². The summed E-state index contributed by atoms with van der Waals surface area (Å²) in [6, 6.07) is 0. The molecule has 0 aromatic heterocycles. The Morgan fingerprint density at radius 3 is 1.62 bits per heavy atom. The van der Waals surface area contributed by atoms with Crippen molar-refractivity contribution in [3.8, 4) is 0 Å². The summed E-state index contributed by atoms with van der Waals surface area (Å²) in [6.07, 6.45) is 3.35. The number of hydrogen-bond acceptors (Lipinski definition) is 9. The molecule has 6 N–H and O–H groups in total. The fourth-order valence-electron chi connectivity index (χ4n) is 1.80. The van der Waals surface area contributed by atoms with Crippen molar-refractivity contribution in [2.75, 3.05) is 26.4 Å². The van der Waals surface area contributed by atoms with Gasteiger partial charge in [-0.1, -0.05) is 32.6 Å². The first-order valence-electron chi connectivity index (χ1n) is 8.52. The van der Waals surface area contributed by atoms with Crippen LogP contribution in [-0.4, -0.2) is 26.4 Å². The van der Waals surface area contributed by atoms with Crippen LogP contribution in [0.1, 0.15) is 53.4 Å². The van der Waals surface area contributed by atoms with Crippen molar-refractivity contribution in [3.63, 3.8) is 0 Å². The first-order valence-corrected chi connectivity index (χ1v) is 13.6. The maximum absolute atomic E-state index is 6.22. The summed E-state index contributed by atoms with van der Waals surface area (Å²) in [7, 11) is -8.41. The van der Waals surface area contributed by atoms with Gasteiger partial charge in [0.15, 0.2) is 0 Å². The first-order chi connectivity index (χ1) is 11.4. The van der Waals surface area contributed by atoms with E-state index in [1.807, 2.05) is 27.7 Å². The molecule has 1 aliphatic rings. The third kappa shape index (κ3) is 7.18. The molecule has 1 rings (SSSR count). The Bertz CT molecular complexity index is 407. The van der Waals surface area contributed by atoms with E-state index in [1.54, 1.807) is 0 Å². The quantitative estimate of drug-likeness (QED) is 0.358. The summed E-state index contributed by atoms with van der Waals surface area (Å²) >= 11 is 0. The van der Waals surface area contributed by atoms with Gasteiger partial charge in [0.2, 0.25) is 7.51 Å². The molecule has 0 saturated heterocycles. The molecule has 9 nitrogen and oxygen atoms in total. The fraction of sp³-hybridized carbons (Fsp3) is 1.00. The lowest BCUT2D eigenvalue weighted by Crippen LogP contribution is -2.39. The molecule has 0 saturated carbocycles. The normalized spacial score (nSPS) is 21.4. The number of rotatable bonds is 12. The lowest BCUT2D eigenvalue weighted by Gasteiger charge is -2.32. The van der Waals surface area contributed by atoms with Gasteiger partial charge in [0, 0.05) is 0 Å². The molecule has 144 valence electrons. The van der Waals surface area contributed by atoms with Gasteiger partial charge in [-0.2, -0.15) is 18.1 Å². The van der Waals surface area contributed by atoms with Crippen LogP contribution in [0.2, 0.25) is 0 Å². The third-order valence-corrected chi connectivity index (χ3v) is 11.4. The molecule has 0 fully saturated rings. The molecule has 0 radical (unpaired) electrons. The summed E-state index contributed by atoms with van der Waals surface area (Å²) in [5.74, 6) is 0.